The summed E-state index contributed by atoms with van der Waals surface area (Å²) in [5.41, 5.74) is 2.15. The highest BCUT2D eigenvalue weighted by atomic mass is 16.6. The molecule has 1 N–H and O–H groups in total. The SMILES string of the molecule is C=CCc1cc(/C=C2/NC(=O)N(C)C2=O)cc(OC)c1OCc1cccc([N+](=O)[O-])c1. The molecule has 0 aromatic heterocycles. The van der Waals surface area contributed by atoms with Gasteiger partial charge < -0.3 is 14.8 Å². The van der Waals surface area contributed by atoms with Gasteiger partial charge in [0.15, 0.2) is 11.5 Å². The molecule has 3 rings (SSSR count). The van der Waals surface area contributed by atoms with Crippen molar-refractivity contribution >= 4 is 23.7 Å². The third-order valence-electron chi connectivity index (χ3n) is 4.64. The fourth-order valence-electron chi connectivity index (χ4n) is 3.09. The number of likely N-dealkylation sites (N-methyl/N-ethyl adjacent to an activating group) is 1. The molecule has 9 nitrogen and oxygen atoms in total. The smallest absolute Gasteiger partial charge is 0.328 e. The number of amides is 3. The number of non-ortho nitro benzene ring substituents is 1. The van der Waals surface area contributed by atoms with Crippen molar-refractivity contribution in [2.45, 2.75) is 13.0 Å². The fraction of sp³-hybridized carbons (Fsp3) is 0.182. The van der Waals surface area contributed by atoms with Crippen LogP contribution in [0, 0.1) is 10.1 Å². The molecule has 3 amide bonds. The van der Waals surface area contributed by atoms with Crippen LogP contribution in [0.5, 0.6) is 11.5 Å². The Morgan fingerprint density at radius 1 is 1.26 bits per heavy atom. The molecule has 1 fully saturated rings. The van der Waals surface area contributed by atoms with E-state index in [4.69, 9.17) is 9.47 Å². The van der Waals surface area contributed by atoms with Crippen molar-refractivity contribution in [1.82, 2.24) is 10.2 Å². The van der Waals surface area contributed by atoms with Crippen molar-refractivity contribution in [1.29, 1.82) is 0 Å². The number of urea groups is 1. The number of hydrogen-bond acceptors (Lipinski definition) is 6. The van der Waals surface area contributed by atoms with E-state index < -0.39 is 16.9 Å². The molecule has 0 aliphatic carbocycles. The van der Waals surface area contributed by atoms with Crippen LogP contribution in [-0.4, -0.2) is 35.9 Å². The maximum Gasteiger partial charge on any atom is 0.328 e. The first-order valence-electron chi connectivity index (χ1n) is 9.32. The average molecular weight is 423 g/mol. The lowest BCUT2D eigenvalue weighted by Gasteiger charge is -2.16. The third-order valence-corrected chi connectivity index (χ3v) is 4.64. The van der Waals surface area contributed by atoms with E-state index in [-0.39, 0.29) is 18.0 Å². The lowest BCUT2D eigenvalue weighted by atomic mass is 10.0. The maximum atomic E-state index is 12.1. The molecule has 0 unspecified atom stereocenters. The van der Waals surface area contributed by atoms with Gasteiger partial charge in [-0.3, -0.25) is 19.8 Å². The van der Waals surface area contributed by atoms with Crippen LogP contribution < -0.4 is 14.8 Å². The van der Waals surface area contributed by atoms with Gasteiger partial charge in [-0.2, -0.15) is 0 Å². The molecular formula is C22H21N3O6. The average Bonchev–Trinajstić information content (AvgIpc) is 2.99. The van der Waals surface area contributed by atoms with Crippen LogP contribution in [0.3, 0.4) is 0 Å². The summed E-state index contributed by atoms with van der Waals surface area (Å²) in [5.74, 6) is 0.456. The van der Waals surface area contributed by atoms with Crippen LogP contribution in [0.15, 0.2) is 54.8 Å². The number of carbonyl (C=O) groups is 2. The molecule has 0 atom stereocenters. The van der Waals surface area contributed by atoms with E-state index in [1.165, 1.54) is 26.3 Å². The van der Waals surface area contributed by atoms with Crippen LogP contribution in [0.25, 0.3) is 6.08 Å². The van der Waals surface area contributed by atoms with E-state index in [9.17, 15) is 19.7 Å². The first-order chi connectivity index (χ1) is 14.8. The summed E-state index contributed by atoms with van der Waals surface area (Å²) in [4.78, 5) is 35.3. The molecule has 0 bridgehead atoms. The summed E-state index contributed by atoms with van der Waals surface area (Å²) >= 11 is 0. The first kappa shape index (κ1) is 21.6. The third kappa shape index (κ3) is 4.72. The molecule has 9 heteroatoms. The zero-order valence-corrected chi connectivity index (χ0v) is 17.1. The Kier molecular flexibility index (Phi) is 6.35. The van der Waals surface area contributed by atoms with Crippen molar-refractivity contribution in [2.24, 2.45) is 0 Å². The highest BCUT2D eigenvalue weighted by Gasteiger charge is 2.30. The number of nitrogens with zero attached hydrogens (tertiary/aromatic N) is 2. The summed E-state index contributed by atoms with van der Waals surface area (Å²) in [6.07, 6.45) is 3.71. The number of hydrogen-bond donors (Lipinski definition) is 1. The standard InChI is InChI=1S/C22H21N3O6/c1-4-6-16-9-15(11-18-21(26)24(2)22(27)23-18)12-19(30-3)20(16)31-13-14-7-5-8-17(10-14)25(28)29/h4-5,7-12H,1,6,13H2,2-3H3,(H,23,27)/b18-11+. The van der Waals surface area contributed by atoms with Crippen LogP contribution in [0.4, 0.5) is 10.5 Å². The van der Waals surface area contributed by atoms with Crippen LogP contribution in [0.2, 0.25) is 0 Å². The molecule has 31 heavy (non-hydrogen) atoms. The van der Waals surface area contributed by atoms with Gasteiger partial charge in [0, 0.05) is 24.7 Å². The topological polar surface area (TPSA) is 111 Å². The van der Waals surface area contributed by atoms with Gasteiger partial charge >= 0.3 is 6.03 Å². The van der Waals surface area contributed by atoms with E-state index in [1.807, 2.05) is 0 Å². The fourth-order valence-corrected chi connectivity index (χ4v) is 3.09. The number of allylic oxidation sites excluding steroid dienone is 1. The molecule has 0 radical (unpaired) electrons. The van der Waals surface area contributed by atoms with E-state index in [2.05, 4.69) is 11.9 Å². The number of nitrogens with one attached hydrogen (secondary N) is 1. The second-order valence-corrected chi connectivity index (χ2v) is 6.77. The molecule has 0 saturated carbocycles. The Labute approximate surface area is 178 Å². The minimum atomic E-state index is -0.494. The molecule has 1 aliphatic rings. The second-order valence-electron chi connectivity index (χ2n) is 6.77. The van der Waals surface area contributed by atoms with Crippen LogP contribution in [0.1, 0.15) is 16.7 Å². The Balaban J connectivity index is 1.92. The number of methoxy groups -OCH3 is 1. The minimum absolute atomic E-state index is 0.0189. The zero-order chi connectivity index (χ0) is 22.5. The summed E-state index contributed by atoms with van der Waals surface area (Å²) in [6, 6.07) is 9.18. The van der Waals surface area contributed by atoms with Gasteiger partial charge in [-0.1, -0.05) is 18.2 Å². The minimum Gasteiger partial charge on any atom is -0.493 e. The van der Waals surface area contributed by atoms with Gasteiger partial charge in [0.1, 0.15) is 12.3 Å². The molecule has 2 aromatic rings. The van der Waals surface area contributed by atoms with Crippen molar-refractivity contribution in [3.05, 3.63) is 81.6 Å². The number of ether oxygens (including phenoxy) is 2. The Morgan fingerprint density at radius 3 is 2.65 bits per heavy atom. The second kappa shape index (κ2) is 9.12. The normalized spacial score (nSPS) is 14.5. The number of benzene rings is 2. The van der Waals surface area contributed by atoms with Crippen molar-refractivity contribution in [3.63, 3.8) is 0 Å². The Bertz CT molecular complexity index is 1090. The number of imide groups is 1. The summed E-state index contributed by atoms with van der Waals surface area (Å²) in [5, 5.41) is 13.5. The molecule has 1 saturated heterocycles. The lowest BCUT2D eigenvalue weighted by Crippen LogP contribution is -2.25. The van der Waals surface area contributed by atoms with Crippen LogP contribution in [-0.2, 0) is 17.8 Å². The van der Waals surface area contributed by atoms with Gasteiger partial charge in [-0.15, -0.1) is 6.58 Å². The number of carbonyl (C=O) groups excluding carboxylic acids is 2. The van der Waals surface area contributed by atoms with Crippen molar-refractivity contribution < 1.29 is 24.0 Å². The lowest BCUT2D eigenvalue weighted by molar-refractivity contribution is -0.384. The van der Waals surface area contributed by atoms with E-state index in [0.29, 0.717) is 29.0 Å². The number of nitro benzene ring substituents is 1. The monoisotopic (exact) mass is 423 g/mol. The molecule has 0 spiro atoms. The van der Waals surface area contributed by atoms with Crippen LogP contribution >= 0.6 is 0 Å². The van der Waals surface area contributed by atoms with Gasteiger partial charge in [-0.25, -0.2) is 4.79 Å². The van der Waals surface area contributed by atoms with Gasteiger partial charge in [-0.05, 0) is 35.8 Å². The Morgan fingerprint density at radius 2 is 2.03 bits per heavy atom. The molecule has 2 aromatic carbocycles. The van der Waals surface area contributed by atoms with Crippen molar-refractivity contribution in [3.8, 4) is 11.5 Å². The predicted octanol–water partition coefficient (Wildman–Crippen LogP) is 3.43. The highest BCUT2D eigenvalue weighted by molar-refractivity contribution is 6.13. The summed E-state index contributed by atoms with van der Waals surface area (Å²) in [7, 11) is 2.88. The quantitative estimate of drug-likeness (QED) is 0.229. The van der Waals surface area contributed by atoms with Gasteiger partial charge in [0.25, 0.3) is 11.6 Å². The maximum absolute atomic E-state index is 12.1. The molecule has 160 valence electrons. The Hall–Kier alpha value is -4.14. The van der Waals surface area contributed by atoms with Gasteiger partial charge in [0.2, 0.25) is 0 Å². The van der Waals surface area contributed by atoms with Gasteiger partial charge in [0.05, 0.1) is 12.0 Å². The van der Waals surface area contributed by atoms with Crippen molar-refractivity contribution in [2.75, 3.05) is 14.2 Å². The van der Waals surface area contributed by atoms with E-state index >= 15 is 0 Å². The molecular weight excluding hydrogens is 402 g/mol. The molecule has 1 aliphatic heterocycles. The number of rotatable bonds is 8. The molecule has 1 heterocycles. The number of nitro groups is 1. The van der Waals surface area contributed by atoms with E-state index in [0.717, 1.165) is 10.5 Å². The predicted molar refractivity (Wildman–Crippen MR) is 114 cm³/mol. The largest absolute Gasteiger partial charge is 0.493 e. The summed E-state index contributed by atoms with van der Waals surface area (Å²) in [6.45, 7) is 3.86. The summed E-state index contributed by atoms with van der Waals surface area (Å²) < 4.78 is 11.4. The zero-order valence-electron chi connectivity index (χ0n) is 17.1. The van der Waals surface area contributed by atoms with E-state index in [1.54, 1.807) is 36.4 Å². The highest BCUT2D eigenvalue weighted by Crippen LogP contribution is 2.35. The first-order valence-corrected chi connectivity index (χ1v) is 9.32.